The highest BCUT2D eigenvalue weighted by Crippen LogP contribution is 2.40. The second-order valence-electron chi connectivity index (χ2n) is 5.11. The second kappa shape index (κ2) is 4.91. The van der Waals surface area contributed by atoms with Crippen molar-refractivity contribution in [2.75, 3.05) is 4.90 Å². The fourth-order valence-corrected chi connectivity index (χ4v) is 3.46. The highest BCUT2D eigenvalue weighted by atomic mass is 79.9. The van der Waals surface area contributed by atoms with Gasteiger partial charge in [-0.05, 0) is 47.0 Å². The number of anilines is 1. The zero-order chi connectivity index (χ0) is 13.6. The van der Waals surface area contributed by atoms with Crippen molar-refractivity contribution in [2.24, 2.45) is 11.8 Å². The van der Waals surface area contributed by atoms with Gasteiger partial charge in [0, 0.05) is 4.47 Å². The van der Waals surface area contributed by atoms with E-state index in [9.17, 15) is 9.59 Å². The minimum Gasteiger partial charge on any atom is -0.274 e. The van der Waals surface area contributed by atoms with E-state index in [1.54, 1.807) is 18.2 Å². The summed E-state index contributed by atoms with van der Waals surface area (Å²) in [5.41, 5.74) is 0.581. The standard InChI is InChI=1S/C14H13BrClNO2/c15-11-6-5-8(7-12(11)16)17-13(18)9-3-1-2-4-10(9)14(17)19/h5-7,9-10H,1-4H2. The Morgan fingerprint density at radius 2 is 1.68 bits per heavy atom. The number of hydrogen-bond acceptors (Lipinski definition) is 2. The molecule has 2 atom stereocenters. The van der Waals surface area contributed by atoms with E-state index in [0.29, 0.717) is 10.7 Å². The number of imide groups is 1. The van der Waals surface area contributed by atoms with Crippen molar-refractivity contribution in [3.05, 3.63) is 27.7 Å². The predicted molar refractivity (Wildman–Crippen MR) is 77.1 cm³/mol. The van der Waals surface area contributed by atoms with Crippen LogP contribution >= 0.6 is 27.5 Å². The Bertz CT molecular complexity index is 536. The second-order valence-corrected chi connectivity index (χ2v) is 6.37. The lowest BCUT2D eigenvalue weighted by molar-refractivity contribution is -0.122. The van der Waals surface area contributed by atoms with E-state index in [1.165, 1.54) is 4.90 Å². The van der Waals surface area contributed by atoms with Crippen molar-refractivity contribution >= 4 is 45.0 Å². The normalized spacial score (nSPS) is 26.7. The molecular weight excluding hydrogens is 330 g/mol. The van der Waals surface area contributed by atoms with Crippen LogP contribution in [0.2, 0.25) is 5.02 Å². The van der Waals surface area contributed by atoms with Gasteiger partial charge in [0.15, 0.2) is 0 Å². The molecule has 0 bridgehead atoms. The molecule has 5 heteroatoms. The van der Waals surface area contributed by atoms with Crippen LogP contribution < -0.4 is 4.90 Å². The van der Waals surface area contributed by atoms with Crippen LogP contribution in [-0.4, -0.2) is 11.8 Å². The van der Waals surface area contributed by atoms with Crippen molar-refractivity contribution in [3.8, 4) is 0 Å². The minimum absolute atomic E-state index is 0.0620. The molecule has 0 N–H and O–H groups in total. The molecule has 2 amide bonds. The summed E-state index contributed by atoms with van der Waals surface area (Å²) in [6, 6.07) is 5.18. The Hall–Kier alpha value is -0.870. The Morgan fingerprint density at radius 1 is 1.11 bits per heavy atom. The molecule has 1 aromatic carbocycles. The van der Waals surface area contributed by atoms with Crippen LogP contribution in [0.1, 0.15) is 25.7 Å². The van der Waals surface area contributed by atoms with E-state index in [0.717, 1.165) is 30.2 Å². The lowest BCUT2D eigenvalue weighted by Crippen LogP contribution is -2.30. The van der Waals surface area contributed by atoms with Gasteiger partial charge >= 0.3 is 0 Å². The summed E-state index contributed by atoms with van der Waals surface area (Å²) >= 11 is 9.35. The maximum Gasteiger partial charge on any atom is 0.237 e. The minimum atomic E-state index is -0.122. The van der Waals surface area contributed by atoms with Crippen LogP contribution in [0, 0.1) is 11.8 Å². The summed E-state index contributed by atoms with van der Waals surface area (Å²) in [4.78, 5) is 26.1. The van der Waals surface area contributed by atoms with Crippen molar-refractivity contribution in [1.29, 1.82) is 0 Å². The Labute approximate surface area is 125 Å². The highest BCUT2D eigenvalue weighted by molar-refractivity contribution is 9.10. The van der Waals surface area contributed by atoms with Gasteiger partial charge in [-0.2, -0.15) is 0 Å². The summed E-state index contributed by atoms with van der Waals surface area (Å²) in [7, 11) is 0. The third-order valence-electron chi connectivity index (χ3n) is 4.00. The first kappa shape index (κ1) is 13.1. The van der Waals surface area contributed by atoms with E-state index >= 15 is 0 Å². The van der Waals surface area contributed by atoms with Crippen LogP contribution in [0.25, 0.3) is 0 Å². The highest BCUT2D eigenvalue weighted by Gasteiger charge is 2.48. The average molecular weight is 343 g/mol. The van der Waals surface area contributed by atoms with Crippen molar-refractivity contribution in [2.45, 2.75) is 25.7 Å². The number of fused-ring (bicyclic) bond motifs is 1. The number of hydrogen-bond donors (Lipinski definition) is 0. The molecule has 1 saturated heterocycles. The molecule has 1 aliphatic carbocycles. The Kier molecular flexibility index (Phi) is 3.39. The van der Waals surface area contributed by atoms with Gasteiger partial charge in [0.2, 0.25) is 11.8 Å². The average Bonchev–Trinajstić information content (AvgIpc) is 2.66. The first-order chi connectivity index (χ1) is 9.09. The Morgan fingerprint density at radius 3 is 2.21 bits per heavy atom. The maximum atomic E-state index is 12.4. The molecule has 100 valence electrons. The lowest BCUT2D eigenvalue weighted by atomic mass is 9.81. The van der Waals surface area contributed by atoms with Crippen LogP contribution in [0.5, 0.6) is 0 Å². The first-order valence-corrected chi connectivity index (χ1v) is 7.59. The molecule has 0 aromatic heterocycles. The number of amides is 2. The summed E-state index contributed by atoms with van der Waals surface area (Å²) in [5.74, 6) is -0.367. The zero-order valence-corrected chi connectivity index (χ0v) is 12.6. The third-order valence-corrected chi connectivity index (χ3v) is 5.23. The fraction of sp³-hybridized carbons (Fsp3) is 0.429. The van der Waals surface area contributed by atoms with Crippen LogP contribution in [0.3, 0.4) is 0 Å². The summed E-state index contributed by atoms with van der Waals surface area (Å²) < 4.78 is 0.759. The monoisotopic (exact) mass is 341 g/mol. The molecule has 19 heavy (non-hydrogen) atoms. The van der Waals surface area contributed by atoms with Crippen molar-refractivity contribution in [1.82, 2.24) is 0 Å². The van der Waals surface area contributed by atoms with Gasteiger partial charge < -0.3 is 0 Å². The SMILES string of the molecule is O=C1C2CCCCC2C(=O)N1c1ccc(Br)c(Cl)c1. The summed E-state index contributed by atoms with van der Waals surface area (Å²) in [6.07, 6.45) is 3.73. The van der Waals surface area contributed by atoms with Crippen LogP contribution in [-0.2, 0) is 9.59 Å². The maximum absolute atomic E-state index is 12.4. The molecule has 1 heterocycles. The Balaban J connectivity index is 1.98. The van der Waals surface area contributed by atoms with Crippen molar-refractivity contribution in [3.63, 3.8) is 0 Å². The molecule has 2 aliphatic rings. The van der Waals surface area contributed by atoms with Crippen molar-refractivity contribution < 1.29 is 9.59 Å². The third kappa shape index (κ3) is 2.11. The molecule has 0 spiro atoms. The molecule has 0 radical (unpaired) electrons. The molecule has 3 nitrogen and oxygen atoms in total. The van der Waals surface area contributed by atoms with E-state index < -0.39 is 0 Å². The summed E-state index contributed by atoms with van der Waals surface area (Å²) in [5, 5.41) is 0.507. The first-order valence-electron chi connectivity index (χ1n) is 6.42. The van der Waals surface area contributed by atoms with Gasteiger partial charge in [0.1, 0.15) is 0 Å². The number of carbonyl (C=O) groups is 2. The van der Waals surface area contributed by atoms with E-state index in [-0.39, 0.29) is 23.7 Å². The van der Waals surface area contributed by atoms with E-state index in [4.69, 9.17) is 11.6 Å². The predicted octanol–water partition coefficient (Wildman–Crippen LogP) is 3.78. The van der Waals surface area contributed by atoms with Gasteiger partial charge in [-0.3, -0.25) is 14.5 Å². The molecule has 1 saturated carbocycles. The number of carbonyl (C=O) groups excluding carboxylic acids is 2. The van der Waals surface area contributed by atoms with Gasteiger partial charge in [0.25, 0.3) is 0 Å². The quantitative estimate of drug-likeness (QED) is 0.728. The number of halogens is 2. The summed E-state index contributed by atoms with van der Waals surface area (Å²) in [6.45, 7) is 0. The fourth-order valence-electron chi connectivity index (χ4n) is 3.04. The molecule has 2 fully saturated rings. The smallest absolute Gasteiger partial charge is 0.237 e. The molecule has 2 unspecified atom stereocenters. The van der Waals surface area contributed by atoms with Gasteiger partial charge in [-0.1, -0.05) is 24.4 Å². The zero-order valence-electron chi connectivity index (χ0n) is 10.2. The topological polar surface area (TPSA) is 37.4 Å². The molecular formula is C14H13BrClNO2. The van der Waals surface area contributed by atoms with Gasteiger partial charge in [0.05, 0.1) is 22.5 Å². The largest absolute Gasteiger partial charge is 0.274 e. The lowest BCUT2D eigenvalue weighted by Gasteiger charge is -2.19. The number of rotatable bonds is 1. The van der Waals surface area contributed by atoms with E-state index in [2.05, 4.69) is 15.9 Å². The van der Waals surface area contributed by atoms with E-state index in [1.807, 2.05) is 0 Å². The van der Waals surface area contributed by atoms with Crippen LogP contribution in [0.4, 0.5) is 5.69 Å². The van der Waals surface area contributed by atoms with Gasteiger partial charge in [-0.25, -0.2) is 0 Å². The van der Waals surface area contributed by atoms with Gasteiger partial charge in [-0.15, -0.1) is 0 Å². The molecule has 1 aromatic rings. The van der Waals surface area contributed by atoms with Crippen LogP contribution in [0.15, 0.2) is 22.7 Å². The number of nitrogens with zero attached hydrogens (tertiary/aromatic N) is 1. The molecule has 3 rings (SSSR count). The molecule has 1 aliphatic heterocycles. The number of benzene rings is 1.